The zero-order chi connectivity index (χ0) is 11.5. The van der Waals surface area contributed by atoms with Crippen LogP contribution in [0.2, 0.25) is 10.0 Å². The number of nitrogens with one attached hydrogen (secondary N) is 1. The van der Waals surface area contributed by atoms with Gasteiger partial charge in [-0.05, 0) is 37.9 Å². The highest BCUT2D eigenvalue weighted by molar-refractivity contribution is 6.42. The summed E-state index contributed by atoms with van der Waals surface area (Å²) in [5.41, 5.74) is 0. The molecule has 0 aliphatic heterocycles. The van der Waals surface area contributed by atoms with Gasteiger partial charge in [0.05, 0.1) is 10.0 Å². The lowest BCUT2D eigenvalue weighted by atomic mass is 10.2. The molecule has 0 spiro atoms. The van der Waals surface area contributed by atoms with Crippen molar-refractivity contribution in [3.8, 4) is 5.75 Å². The molecule has 1 aromatic carbocycles. The van der Waals surface area contributed by atoms with Crippen molar-refractivity contribution < 1.29 is 4.74 Å². The van der Waals surface area contributed by atoms with Gasteiger partial charge in [-0.1, -0.05) is 23.2 Å². The summed E-state index contributed by atoms with van der Waals surface area (Å²) in [6.07, 6.45) is 2.60. The van der Waals surface area contributed by atoms with E-state index in [1.54, 1.807) is 12.1 Å². The first-order valence-electron chi connectivity index (χ1n) is 5.46. The van der Waals surface area contributed by atoms with Crippen molar-refractivity contribution >= 4 is 23.2 Å². The number of rotatable bonds is 5. The third-order valence-corrected chi connectivity index (χ3v) is 3.62. The molecule has 1 atom stereocenters. The van der Waals surface area contributed by atoms with E-state index in [1.807, 2.05) is 13.1 Å². The Balaban J connectivity index is 1.90. The second-order valence-electron chi connectivity index (χ2n) is 4.12. The molecule has 0 heterocycles. The van der Waals surface area contributed by atoms with Gasteiger partial charge in [0.25, 0.3) is 0 Å². The Morgan fingerprint density at radius 3 is 2.69 bits per heavy atom. The van der Waals surface area contributed by atoms with Crippen LogP contribution in [0.4, 0.5) is 0 Å². The summed E-state index contributed by atoms with van der Waals surface area (Å²) in [6, 6.07) is 5.79. The van der Waals surface area contributed by atoms with Crippen molar-refractivity contribution in [1.29, 1.82) is 0 Å². The summed E-state index contributed by atoms with van der Waals surface area (Å²) in [5, 5.41) is 4.37. The van der Waals surface area contributed by atoms with Gasteiger partial charge in [0.1, 0.15) is 12.4 Å². The Labute approximate surface area is 106 Å². The fraction of sp³-hybridized carbons (Fsp3) is 0.500. The fourth-order valence-corrected chi connectivity index (χ4v) is 1.99. The van der Waals surface area contributed by atoms with E-state index in [2.05, 4.69) is 5.32 Å². The normalized spacial score (nSPS) is 17.2. The molecular weight excluding hydrogens is 245 g/mol. The van der Waals surface area contributed by atoms with Gasteiger partial charge in [0, 0.05) is 12.1 Å². The van der Waals surface area contributed by atoms with E-state index in [4.69, 9.17) is 27.9 Å². The van der Waals surface area contributed by atoms with Crippen LogP contribution in [-0.2, 0) is 0 Å². The quantitative estimate of drug-likeness (QED) is 0.876. The Morgan fingerprint density at radius 1 is 1.38 bits per heavy atom. The molecule has 2 rings (SSSR count). The number of hydrogen-bond acceptors (Lipinski definition) is 2. The van der Waals surface area contributed by atoms with Crippen LogP contribution < -0.4 is 10.1 Å². The highest BCUT2D eigenvalue weighted by Gasteiger charge is 2.30. The van der Waals surface area contributed by atoms with Crippen LogP contribution in [0, 0.1) is 5.92 Å². The third-order valence-electron chi connectivity index (χ3n) is 2.88. The largest absolute Gasteiger partial charge is 0.492 e. The lowest BCUT2D eigenvalue weighted by molar-refractivity contribution is 0.256. The maximum absolute atomic E-state index is 5.91. The zero-order valence-corrected chi connectivity index (χ0v) is 10.7. The van der Waals surface area contributed by atoms with E-state index in [0.717, 1.165) is 11.7 Å². The lowest BCUT2D eigenvalue weighted by Crippen LogP contribution is -2.33. The zero-order valence-electron chi connectivity index (χ0n) is 9.17. The van der Waals surface area contributed by atoms with E-state index in [0.29, 0.717) is 22.7 Å². The smallest absolute Gasteiger partial charge is 0.120 e. The molecule has 0 saturated heterocycles. The van der Waals surface area contributed by atoms with E-state index in [1.165, 1.54) is 12.8 Å². The van der Waals surface area contributed by atoms with Gasteiger partial charge in [-0.25, -0.2) is 0 Å². The molecule has 0 bridgehead atoms. The van der Waals surface area contributed by atoms with Crippen LogP contribution in [0.5, 0.6) is 5.75 Å². The molecule has 1 unspecified atom stereocenters. The average molecular weight is 260 g/mol. The van der Waals surface area contributed by atoms with Crippen LogP contribution in [-0.4, -0.2) is 19.7 Å². The van der Waals surface area contributed by atoms with Crippen LogP contribution in [0.25, 0.3) is 0 Å². The van der Waals surface area contributed by atoms with Gasteiger partial charge in [-0.3, -0.25) is 0 Å². The molecule has 1 aromatic rings. The van der Waals surface area contributed by atoms with E-state index in [-0.39, 0.29) is 0 Å². The van der Waals surface area contributed by atoms with Crippen molar-refractivity contribution in [2.45, 2.75) is 18.9 Å². The first kappa shape index (κ1) is 12.0. The minimum Gasteiger partial charge on any atom is -0.492 e. The Bertz CT molecular complexity index is 366. The summed E-state index contributed by atoms with van der Waals surface area (Å²) < 4.78 is 5.69. The lowest BCUT2D eigenvalue weighted by Gasteiger charge is -2.16. The topological polar surface area (TPSA) is 21.3 Å². The number of likely N-dealkylation sites (N-methyl/N-ethyl adjacent to an activating group) is 1. The molecule has 1 fully saturated rings. The first-order chi connectivity index (χ1) is 7.70. The van der Waals surface area contributed by atoms with Crippen LogP contribution >= 0.6 is 23.2 Å². The standard InChI is InChI=1S/C12H15Cl2NO/c1-15-12(8-2-3-8)7-16-9-4-5-10(13)11(14)6-9/h4-6,8,12,15H,2-3,7H2,1H3. The molecule has 0 amide bonds. The molecule has 1 saturated carbocycles. The number of ether oxygens (including phenoxy) is 1. The predicted octanol–water partition coefficient (Wildman–Crippen LogP) is 3.37. The van der Waals surface area contributed by atoms with Crippen molar-refractivity contribution in [1.82, 2.24) is 5.32 Å². The van der Waals surface area contributed by atoms with Crippen LogP contribution in [0.15, 0.2) is 18.2 Å². The molecule has 0 aromatic heterocycles. The van der Waals surface area contributed by atoms with E-state index < -0.39 is 0 Å². The van der Waals surface area contributed by atoms with Gasteiger partial charge in [-0.15, -0.1) is 0 Å². The average Bonchev–Trinajstić information content (AvgIpc) is 3.08. The number of halogens is 2. The monoisotopic (exact) mass is 259 g/mol. The van der Waals surface area contributed by atoms with Crippen molar-refractivity contribution in [3.05, 3.63) is 28.2 Å². The molecule has 4 heteroatoms. The van der Waals surface area contributed by atoms with Crippen molar-refractivity contribution in [2.75, 3.05) is 13.7 Å². The Hall–Kier alpha value is -0.440. The van der Waals surface area contributed by atoms with Gasteiger partial charge in [0.2, 0.25) is 0 Å². The minimum absolute atomic E-state index is 0.439. The molecule has 88 valence electrons. The predicted molar refractivity (Wildman–Crippen MR) is 67.5 cm³/mol. The first-order valence-corrected chi connectivity index (χ1v) is 6.21. The number of hydrogen-bond donors (Lipinski definition) is 1. The summed E-state index contributed by atoms with van der Waals surface area (Å²) in [4.78, 5) is 0. The van der Waals surface area contributed by atoms with Crippen LogP contribution in [0.3, 0.4) is 0 Å². The van der Waals surface area contributed by atoms with Crippen molar-refractivity contribution in [2.24, 2.45) is 5.92 Å². The van der Waals surface area contributed by atoms with Gasteiger partial charge >= 0.3 is 0 Å². The summed E-state index contributed by atoms with van der Waals surface area (Å²) in [6.45, 7) is 0.680. The highest BCUT2D eigenvalue weighted by atomic mass is 35.5. The molecular formula is C12H15Cl2NO. The summed E-state index contributed by atoms with van der Waals surface area (Å²) in [5.74, 6) is 1.54. The highest BCUT2D eigenvalue weighted by Crippen LogP contribution is 2.33. The number of benzene rings is 1. The molecule has 2 nitrogen and oxygen atoms in total. The summed E-state index contributed by atoms with van der Waals surface area (Å²) >= 11 is 11.7. The SMILES string of the molecule is CNC(COc1ccc(Cl)c(Cl)c1)C1CC1. The van der Waals surface area contributed by atoms with Gasteiger partial charge in [-0.2, -0.15) is 0 Å². The molecule has 1 aliphatic rings. The maximum atomic E-state index is 5.91. The third kappa shape index (κ3) is 3.03. The molecule has 1 N–H and O–H groups in total. The van der Waals surface area contributed by atoms with E-state index >= 15 is 0 Å². The van der Waals surface area contributed by atoms with Crippen molar-refractivity contribution in [3.63, 3.8) is 0 Å². The Morgan fingerprint density at radius 2 is 2.12 bits per heavy atom. The second kappa shape index (κ2) is 5.26. The van der Waals surface area contributed by atoms with Gasteiger partial charge in [0.15, 0.2) is 0 Å². The van der Waals surface area contributed by atoms with E-state index in [9.17, 15) is 0 Å². The molecule has 16 heavy (non-hydrogen) atoms. The minimum atomic E-state index is 0.439. The maximum Gasteiger partial charge on any atom is 0.120 e. The van der Waals surface area contributed by atoms with Gasteiger partial charge < -0.3 is 10.1 Å². The molecule has 1 aliphatic carbocycles. The molecule has 0 radical (unpaired) electrons. The Kier molecular flexibility index (Phi) is 3.95. The fourth-order valence-electron chi connectivity index (χ4n) is 1.71. The second-order valence-corrected chi connectivity index (χ2v) is 4.93. The summed E-state index contributed by atoms with van der Waals surface area (Å²) in [7, 11) is 1.97. The van der Waals surface area contributed by atoms with Crippen LogP contribution in [0.1, 0.15) is 12.8 Å².